The van der Waals surface area contributed by atoms with Gasteiger partial charge in [-0.3, -0.25) is 24.1 Å². The van der Waals surface area contributed by atoms with Crippen molar-refractivity contribution in [3.05, 3.63) is 63.1 Å². The molecule has 9 nitrogen and oxygen atoms in total. The van der Waals surface area contributed by atoms with Gasteiger partial charge in [0.1, 0.15) is 6.04 Å². The van der Waals surface area contributed by atoms with Crippen molar-refractivity contribution >= 4 is 58.5 Å². The van der Waals surface area contributed by atoms with E-state index in [1.54, 1.807) is 26.2 Å². The highest BCUT2D eigenvalue weighted by Gasteiger charge is 2.42. The summed E-state index contributed by atoms with van der Waals surface area (Å²) in [7, 11) is 3.25. The fraction of sp³-hybridized carbons (Fsp3) is 0.227. The highest BCUT2D eigenvalue weighted by Crippen LogP contribution is 2.32. The minimum Gasteiger partial charge on any atom is -0.454 e. The molecule has 11 heteroatoms. The molecule has 2 aromatic carbocycles. The second kappa shape index (κ2) is 9.60. The third-order valence-electron chi connectivity index (χ3n) is 4.85. The third-order valence-corrected chi connectivity index (χ3v) is 5.58. The average molecular weight is 492 g/mol. The Labute approximate surface area is 199 Å². The molecule has 2 aromatic rings. The lowest BCUT2D eigenvalue weighted by Crippen LogP contribution is -2.44. The number of carbonyl (C=O) groups excluding carboxylic acids is 5. The van der Waals surface area contributed by atoms with Crippen molar-refractivity contribution in [3.63, 3.8) is 0 Å². The number of benzene rings is 2. The van der Waals surface area contributed by atoms with Gasteiger partial charge in [-0.2, -0.15) is 0 Å². The normalized spacial score (nSPS) is 13.4. The van der Waals surface area contributed by atoms with Gasteiger partial charge in [0, 0.05) is 25.3 Å². The van der Waals surface area contributed by atoms with Crippen molar-refractivity contribution in [1.29, 1.82) is 0 Å². The number of carbonyl (C=O) groups is 5. The number of anilines is 1. The number of halogens is 2. The molecule has 0 unspecified atom stereocenters. The molecule has 0 spiro atoms. The van der Waals surface area contributed by atoms with E-state index in [-0.39, 0.29) is 27.1 Å². The lowest BCUT2D eigenvalue weighted by atomic mass is 10.1. The zero-order valence-electron chi connectivity index (χ0n) is 17.8. The van der Waals surface area contributed by atoms with Crippen LogP contribution in [0, 0.1) is 0 Å². The van der Waals surface area contributed by atoms with Gasteiger partial charge in [0.15, 0.2) is 6.61 Å². The molecule has 0 bridgehead atoms. The monoisotopic (exact) mass is 491 g/mol. The van der Waals surface area contributed by atoms with Crippen molar-refractivity contribution in [1.82, 2.24) is 9.80 Å². The molecule has 0 saturated heterocycles. The maximum atomic E-state index is 12.6. The smallest absolute Gasteiger partial charge is 0.329 e. The van der Waals surface area contributed by atoms with E-state index in [1.165, 1.54) is 36.1 Å². The molecule has 0 fully saturated rings. The van der Waals surface area contributed by atoms with E-state index in [4.69, 9.17) is 27.9 Å². The topological polar surface area (TPSA) is 113 Å². The van der Waals surface area contributed by atoms with E-state index in [2.05, 4.69) is 5.32 Å². The number of nitrogens with zero attached hydrogens (tertiary/aromatic N) is 2. The molecule has 1 N–H and O–H groups in total. The molecule has 4 amide bonds. The first-order valence-corrected chi connectivity index (χ1v) is 10.4. The number of amides is 4. The van der Waals surface area contributed by atoms with E-state index in [1.807, 2.05) is 0 Å². The number of rotatable bonds is 6. The van der Waals surface area contributed by atoms with Crippen molar-refractivity contribution in [2.75, 3.05) is 26.0 Å². The summed E-state index contributed by atoms with van der Waals surface area (Å²) in [6.07, 6.45) is 0. The summed E-state index contributed by atoms with van der Waals surface area (Å²) in [5.74, 6) is -3.19. The molecule has 1 heterocycles. The van der Waals surface area contributed by atoms with Gasteiger partial charge in [-0.25, -0.2) is 4.79 Å². The Morgan fingerprint density at radius 1 is 1.00 bits per heavy atom. The van der Waals surface area contributed by atoms with Crippen molar-refractivity contribution < 1.29 is 28.7 Å². The molecule has 1 aliphatic heterocycles. The predicted molar refractivity (Wildman–Crippen MR) is 120 cm³/mol. The number of ether oxygens (including phenoxy) is 1. The third kappa shape index (κ3) is 4.99. The van der Waals surface area contributed by atoms with E-state index in [9.17, 15) is 24.0 Å². The van der Waals surface area contributed by atoms with Crippen molar-refractivity contribution in [2.24, 2.45) is 0 Å². The van der Waals surface area contributed by atoms with Crippen LogP contribution in [0.25, 0.3) is 0 Å². The summed E-state index contributed by atoms with van der Waals surface area (Å²) in [5, 5.41) is 2.73. The van der Waals surface area contributed by atoms with Crippen LogP contribution in [0.5, 0.6) is 0 Å². The van der Waals surface area contributed by atoms with E-state index in [0.717, 1.165) is 4.90 Å². The average Bonchev–Trinajstić information content (AvgIpc) is 3.01. The van der Waals surface area contributed by atoms with Crippen molar-refractivity contribution in [3.8, 4) is 0 Å². The molecular weight excluding hydrogens is 473 g/mol. The van der Waals surface area contributed by atoms with Crippen LogP contribution in [0.4, 0.5) is 5.69 Å². The summed E-state index contributed by atoms with van der Waals surface area (Å²) in [4.78, 5) is 63.8. The van der Waals surface area contributed by atoms with Gasteiger partial charge in [-0.1, -0.05) is 23.2 Å². The van der Waals surface area contributed by atoms with Gasteiger partial charge in [0.2, 0.25) is 0 Å². The molecular formula is C22H19Cl2N3O6. The first kappa shape index (κ1) is 24.2. The van der Waals surface area contributed by atoms with Gasteiger partial charge >= 0.3 is 5.97 Å². The van der Waals surface area contributed by atoms with Gasteiger partial charge in [-0.15, -0.1) is 0 Å². The predicted octanol–water partition coefficient (Wildman–Crippen LogP) is 2.86. The molecule has 0 saturated carbocycles. The van der Waals surface area contributed by atoms with Crippen LogP contribution >= 0.6 is 23.2 Å². The van der Waals surface area contributed by atoms with Crippen LogP contribution in [-0.4, -0.2) is 66.1 Å². The maximum absolute atomic E-state index is 12.6. The van der Waals surface area contributed by atoms with E-state index in [0.29, 0.717) is 11.3 Å². The zero-order valence-corrected chi connectivity index (χ0v) is 19.4. The Kier molecular flexibility index (Phi) is 7.04. The SMILES string of the molecule is C[C@@H](C(=O)OCC(=O)Nc1ccc(C(=O)N(C)C)cc1)N1C(=O)c2cc(Cl)c(Cl)cc2C1=O. The number of esters is 1. The van der Waals surface area contributed by atoms with Gasteiger partial charge < -0.3 is 15.0 Å². The van der Waals surface area contributed by atoms with Crippen LogP contribution in [0.3, 0.4) is 0 Å². The molecule has 0 aromatic heterocycles. The molecule has 0 radical (unpaired) electrons. The van der Waals surface area contributed by atoms with Gasteiger partial charge in [0.05, 0.1) is 21.2 Å². The number of hydrogen-bond acceptors (Lipinski definition) is 6. The Balaban J connectivity index is 1.58. The molecule has 3 rings (SSSR count). The van der Waals surface area contributed by atoms with Gasteiger partial charge in [-0.05, 0) is 43.3 Å². The fourth-order valence-corrected chi connectivity index (χ4v) is 3.45. The molecule has 0 aliphatic carbocycles. The Bertz CT molecular complexity index is 1120. The molecule has 1 aliphatic rings. The minimum atomic E-state index is -1.28. The minimum absolute atomic E-state index is 0.0305. The van der Waals surface area contributed by atoms with Crippen LogP contribution in [0.2, 0.25) is 10.0 Å². The van der Waals surface area contributed by atoms with Crippen LogP contribution < -0.4 is 5.32 Å². The Hall–Kier alpha value is -3.43. The second-order valence-electron chi connectivity index (χ2n) is 7.40. The summed E-state index contributed by atoms with van der Waals surface area (Å²) in [6.45, 7) is 0.675. The fourth-order valence-electron chi connectivity index (χ4n) is 3.12. The number of nitrogens with one attached hydrogen (secondary N) is 1. The zero-order chi connectivity index (χ0) is 24.4. The molecule has 33 heavy (non-hydrogen) atoms. The number of fused-ring (bicyclic) bond motifs is 1. The number of imide groups is 1. The summed E-state index contributed by atoms with van der Waals surface area (Å²) >= 11 is 11.8. The maximum Gasteiger partial charge on any atom is 0.329 e. The first-order valence-electron chi connectivity index (χ1n) is 9.66. The number of hydrogen-bond donors (Lipinski definition) is 1. The first-order chi connectivity index (χ1) is 15.5. The summed E-state index contributed by atoms with van der Waals surface area (Å²) in [6, 6.07) is 7.42. The largest absolute Gasteiger partial charge is 0.454 e. The highest BCUT2D eigenvalue weighted by molar-refractivity contribution is 6.43. The van der Waals surface area contributed by atoms with Crippen LogP contribution in [0.1, 0.15) is 38.0 Å². The quantitative estimate of drug-likeness (QED) is 0.490. The Morgan fingerprint density at radius 2 is 1.52 bits per heavy atom. The summed E-state index contributed by atoms with van der Waals surface area (Å²) in [5.41, 5.74) is 0.904. The van der Waals surface area contributed by atoms with E-state index < -0.39 is 36.3 Å². The van der Waals surface area contributed by atoms with E-state index >= 15 is 0 Å². The second-order valence-corrected chi connectivity index (χ2v) is 8.22. The molecule has 172 valence electrons. The summed E-state index contributed by atoms with van der Waals surface area (Å²) < 4.78 is 4.98. The highest BCUT2D eigenvalue weighted by atomic mass is 35.5. The van der Waals surface area contributed by atoms with Crippen LogP contribution in [-0.2, 0) is 14.3 Å². The van der Waals surface area contributed by atoms with Crippen molar-refractivity contribution in [2.45, 2.75) is 13.0 Å². The Morgan fingerprint density at radius 3 is 2.00 bits per heavy atom. The molecule has 1 atom stereocenters. The lowest BCUT2D eigenvalue weighted by molar-refractivity contribution is -0.150. The lowest BCUT2D eigenvalue weighted by Gasteiger charge is -2.20. The van der Waals surface area contributed by atoms with Gasteiger partial charge in [0.25, 0.3) is 23.6 Å². The van der Waals surface area contributed by atoms with Crippen LogP contribution in [0.15, 0.2) is 36.4 Å². The standard InChI is InChI=1S/C22H19Cl2N3O6/c1-11(27-20(30)14-8-16(23)17(24)9-15(14)21(27)31)22(32)33-10-18(28)25-13-6-4-12(5-7-13)19(29)26(2)3/h4-9,11H,10H2,1-3H3,(H,25,28)/t11-/m0/s1.